The Kier molecular flexibility index (Phi) is 2.84. The minimum Gasteiger partial charge on any atom is -0.423 e. The molecular formula is C18H13NO3. The summed E-state index contributed by atoms with van der Waals surface area (Å²) in [4.78, 5) is 15.3. The molecule has 3 aromatic rings. The molecule has 1 atom stereocenters. The molecule has 0 bridgehead atoms. The van der Waals surface area contributed by atoms with Crippen LogP contribution in [0.2, 0.25) is 0 Å². The van der Waals surface area contributed by atoms with E-state index >= 15 is 0 Å². The number of H-pyrrole nitrogens is 1. The third-order valence-electron chi connectivity index (χ3n) is 3.81. The number of benzene rings is 2. The van der Waals surface area contributed by atoms with Crippen molar-refractivity contribution in [2.24, 2.45) is 0 Å². The van der Waals surface area contributed by atoms with E-state index in [4.69, 9.17) is 4.74 Å². The van der Waals surface area contributed by atoms with Gasteiger partial charge in [0.1, 0.15) is 11.9 Å². The van der Waals surface area contributed by atoms with Crippen LogP contribution in [0.15, 0.2) is 60.2 Å². The van der Waals surface area contributed by atoms with Crippen molar-refractivity contribution in [1.82, 2.24) is 4.98 Å². The maximum Gasteiger partial charge on any atom is 0.342 e. The number of para-hydroxylation sites is 2. The monoisotopic (exact) mass is 291 g/mol. The van der Waals surface area contributed by atoms with Crippen LogP contribution in [-0.2, 0) is 4.79 Å². The van der Waals surface area contributed by atoms with E-state index in [9.17, 15) is 9.90 Å². The Morgan fingerprint density at radius 2 is 1.86 bits per heavy atom. The predicted octanol–water partition coefficient (Wildman–Crippen LogP) is 3.20. The third kappa shape index (κ3) is 2.01. The molecule has 2 heterocycles. The zero-order chi connectivity index (χ0) is 15.1. The summed E-state index contributed by atoms with van der Waals surface area (Å²) in [6.45, 7) is 0. The lowest BCUT2D eigenvalue weighted by molar-refractivity contribution is -0.132. The normalized spacial score (nSPS) is 19.2. The second-order valence-corrected chi connectivity index (χ2v) is 5.24. The Balaban J connectivity index is 1.79. The van der Waals surface area contributed by atoms with E-state index in [-0.39, 0.29) is 5.57 Å². The Morgan fingerprint density at radius 1 is 1.09 bits per heavy atom. The van der Waals surface area contributed by atoms with Crippen LogP contribution in [0.5, 0.6) is 5.75 Å². The van der Waals surface area contributed by atoms with E-state index in [1.165, 1.54) is 0 Å². The summed E-state index contributed by atoms with van der Waals surface area (Å²) in [5.74, 6) is -0.112. The number of aromatic nitrogens is 1. The highest BCUT2D eigenvalue weighted by Gasteiger charge is 2.30. The molecular weight excluding hydrogens is 278 g/mol. The fourth-order valence-corrected chi connectivity index (χ4v) is 2.72. The standard InChI is InChI=1S/C18H13NO3/c20-17-13-6-2-4-8-16(13)22-18(21)14(17)10-12-9-11-5-1-3-7-15(11)19-12/h1-10,17,19-20H. The van der Waals surface area contributed by atoms with Crippen molar-refractivity contribution in [2.75, 3.05) is 0 Å². The van der Waals surface area contributed by atoms with Crippen LogP contribution in [0, 0.1) is 0 Å². The van der Waals surface area contributed by atoms with E-state index in [0.29, 0.717) is 11.3 Å². The number of hydrogen-bond donors (Lipinski definition) is 2. The zero-order valence-electron chi connectivity index (χ0n) is 11.6. The second-order valence-electron chi connectivity index (χ2n) is 5.24. The molecule has 4 rings (SSSR count). The van der Waals surface area contributed by atoms with Gasteiger partial charge in [0.2, 0.25) is 0 Å². The number of nitrogens with one attached hydrogen (secondary N) is 1. The number of hydrogen-bond acceptors (Lipinski definition) is 3. The molecule has 0 amide bonds. The minimum absolute atomic E-state index is 0.227. The van der Waals surface area contributed by atoms with Crippen LogP contribution < -0.4 is 4.74 Å². The number of ether oxygens (including phenoxy) is 1. The van der Waals surface area contributed by atoms with Gasteiger partial charge in [-0.15, -0.1) is 0 Å². The lowest BCUT2D eigenvalue weighted by atomic mass is 9.97. The van der Waals surface area contributed by atoms with Gasteiger partial charge in [0.25, 0.3) is 0 Å². The van der Waals surface area contributed by atoms with E-state index in [1.54, 1.807) is 24.3 Å². The van der Waals surface area contributed by atoms with Gasteiger partial charge in [0.15, 0.2) is 0 Å². The number of esters is 1. The molecule has 1 unspecified atom stereocenters. The molecule has 108 valence electrons. The van der Waals surface area contributed by atoms with Gasteiger partial charge in [0.05, 0.1) is 5.57 Å². The first-order chi connectivity index (χ1) is 10.7. The van der Waals surface area contributed by atoms with Crippen molar-refractivity contribution in [3.05, 3.63) is 71.4 Å². The van der Waals surface area contributed by atoms with Crippen molar-refractivity contribution in [3.63, 3.8) is 0 Å². The molecule has 0 radical (unpaired) electrons. The number of aromatic amines is 1. The summed E-state index contributed by atoms with van der Waals surface area (Å²) in [5, 5.41) is 11.5. The fourth-order valence-electron chi connectivity index (χ4n) is 2.72. The molecule has 1 aromatic heterocycles. The molecule has 0 aliphatic carbocycles. The molecule has 4 nitrogen and oxygen atoms in total. The molecule has 1 aliphatic heterocycles. The maximum absolute atomic E-state index is 12.1. The van der Waals surface area contributed by atoms with Gasteiger partial charge in [0, 0.05) is 16.8 Å². The summed E-state index contributed by atoms with van der Waals surface area (Å²) in [6, 6.07) is 16.8. The number of aliphatic hydroxyl groups excluding tert-OH is 1. The smallest absolute Gasteiger partial charge is 0.342 e. The van der Waals surface area contributed by atoms with Gasteiger partial charge in [-0.2, -0.15) is 0 Å². The van der Waals surface area contributed by atoms with Gasteiger partial charge in [-0.1, -0.05) is 36.4 Å². The number of rotatable bonds is 1. The van der Waals surface area contributed by atoms with Crippen molar-refractivity contribution < 1.29 is 14.6 Å². The van der Waals surface area contributed by atoms with E-state index in [1.807, 2.05) is 36.4 Å². The quantitative estimate of drug-likeness (QED) is 0.411. The summed E-state index contributed by atoms with van der Waals surface area (Å²) < 4.78 is 5.28. The Hall–Kier alpha value is -2.85. The van der Waals surface area contributed by atoms with E-state index in [0.717, 1.165) is 16.6 Å². The van der Waals surface area contributed by atoms with Crippen LogP contribution in [0.25, 0.3) is 17.0 Å². The average molecular weight is 291 g/mol. The zero-order valence-corrected chi connectivity index (χ0v) is 11.6. The molecule has 0 spiro atoms. The summed E-state index contributed by atoms with van der Waals surface area (Å²) >= 11 is 0. The minimum atomic E-state index is -0.983. The van der Waals surface area contributed by atoms with Crippen LogP contribution in [-0.4, -0.2) is 16.1 Å². The highest BCUT2D eigenvalue weighted by molar-refractivity contribution is 5.98. The average Bonchev–Trinajstić information content (AvgIpc) is 2.94. The summed E-state index contributed by atoms with van der Waals surface area (Å²) in [6.07, 6.45) is 0.659. The Morgan fingerprint density at radius 3 is 2.73 bits per heavy atom. The number of carbonyl (C=O) groups excluding carboxylic acids is 1. The molecule has 4 heteroatoms. The van der Waals surface area contributed by atoms with Gasteiger partial charge in [-0.3, -0.25) is 0 Å². The van der Waals surface area contributed by atoms with Gasteiger partial charge < -0.3 is 14.8 Å². The molecule has 2 N–H and O–H groups in total. The van der Waals surface area contributed by atoms with Crippen LogP contribution in [0.3, 0.4) is 0 Å². The maximum atomic E-state index is 12.1. The molecule has 0 saturated carbocycles. The van der Waals surface area contributed by atoms with Crippen LogP contribution in [0.4, 0.5) is 0 Å². The molecule has 0 saturated heterocycles. The highest BCUT2D eigenvalue weighted by atomic mass is 16.5. The lowest BCUT2D eigenvalue weighted by Crippen LogP contribution is -2.23. The van der Waals surface area contributed by atoms with Gasteiger partial charge in [-0.25, -0.2) is 4.79 Å². The van der Waals surface area contributed by atoms with Crippen LogP contribution in [0.1, 0.15) is 17.4 Å². The summed E-state index contributed by atoms with van der Waals surface area (Å²) in [5.41, 5.74) is 2.56. The van der Waals surface area contributed by atoms with Gasteiger partial charge >= 0.3 is 5.97 Å². The van der Waals surface area contributed by atoms with Gasteiger partial charge in [-0.05, 0) is 29.7 Å². The van der Waals surface area contributed by atoms with Crippen molar-refractivity contribution in [3.8, 4) is 5.75 Å². The molecule has 22 heavy (non-hydrogen) atoms. The largest absolute Gasteiger partial charge is 0.423 e. The molecule has 0 fully saturated rings. The lowest BCUT2D eigenvalue weighted by Gasteiger charge is -2.22. The first-order valence-corrected chi connectivity index (χ1v) is 7.01. The third-order valence-corrected chi connectivity index (χ3v) is 3.81. The topological polar surface area (TPSA) is 62.3 Å². The fraction of sp³-hybridized carbons (Fsp3) is 0.0556. The Bertz CT molecular complexity index is 874. The van der Waals surface area contributed by atoms with Crippen molar-refractivity contribution in [1.29, 1.82) is 0 Å². The van der Waals surface area contributed by atoms with E-state index in [2.05, 4.69) is 4.98 Å². The number of fused-ring (bicyclic) bond motifs is 2. The molecule has 1 aliphatic rings. The highest BCUT2D eigenvalue weighted by Crippen LogP contribution is 2.36. The summed E-state index contributed by atoms with van der Waals surface area (Å²) in [7, 11) is 0. The van der Waals surface area contributed by atoms with Crippen molar-refractivity contribution >= 4 is 22.9 Å². The van der Waals surface area contributed by atoms with Crippen LogP contribution >= 0.6 is 0 Å². The Labute approximate surface area is 126 Å². The first-order valence-electron chi connectivity index (χ1n) is 7.01. The van der Waals surface area contributed by atoms with Crippen molar-refractivity contribution in [2.45, 2.75) is 6.10 Å². The second kappa shape index (κ2) is 4.86. The number of carbonyl (C=O) groups is 1. The van der Waals surface area contributed by atoms with E-state index < -0.39 is 12.1 Å². The molecule has 2 aromatic carbocycles. The predicted molar refractivity (Wildman–Crippen MR) is 83.3 cm³/mol. The number of aliphatic hydroxyl groups is 1. The first kappa shape index (κ1) is 12.9. The SMILES string of the molecule is O=C1Oc2ccccc2C(O)C1=Cc1cc2ccccc2[nH]1.